The number of aromatic amines is 1. The summed E-state index contributed by atoms with van der Waals surface area (Å²) in [5, 5.41) is 9.80. The molecule has 0 saturated heterocycles. The summed E-state index contributed by atoms with van der Waals surface area (Å²) >= 11 is 0. The van der Waals surface area contributed by atoms with E-state index in [0.29, 0.717) is 11.6 Å². The van der Waals surface area contributed by atoms with Gasteiger partial charge in [0.25, 0.3) is 11.8 Å². The third-order valence-electron chi connectivity index (χ3n) is 1.17. The van der Waals surface area contributed by atoms with E-state index in [2.05, 4.69) is 20.3 Å². The van der Waals surface area contributed by atoms with Gasteiger partial charge in [-0.15, -0.1) is 0 Å². The van der Waals surface area contributed by atoms with Crippen LogP contribution in [-0.4, -0.2) is 20.3 Å². The second-order valence-corrected chi connectivity index (χ2v) is 1.93. The van der Waals surface area contributed by atoms with Crippen LogP contribution >= 0.6 is 0 Å². The summed E-state index contributed by atoms with van der Waals surface area (Å²) in [5.41, 5.74) is 5.90. The van der Waals surface area contributed by atoms with Gasteiger partial charge in [0.15, 0.2) is 0 Å². The van der Waals surface area contributed by atoms with E-state index in [1.165, 1.54) is 0 Å². The van der Waals surface area contributed by atoms with Gasteiger partial charge in [-0.3, -0.25) is 5.10 Å². The van der Waals surface area contributed by atoms with E-state index in [1.54, 1.807) is 12.3 Å². The topological polar surface area (TPSA) is 93.6 Å². The lowest BCUT2D eigenvalue weighted by Gasteiger charge is -1.81. The Morgan fingerprint density at radius 3 is 3.00 bits per heavy atom. The highest BCUT2D eigenvalue weighted by atomic mass is 16.5. The largest absolute Gasteiger partial charge is 0.365 e. The van der Waals surface area contributed by atoms with Gasteiger partial charge in [0.2, 0.25) is 0 Å². The quantitative estimate of drug-likeness (QED) is 0.600. The van der Waals surface area contributed by atoms with Gasteiger partial charge in [-0.25, -0.2) is 0 Å². The van der Waals surface area contributed by atoms with Gasteiger partial charge in [-0.2, -0.15) is 10.1 Å². The first-order chi connectivity index (χ1) is 5.36. The van der Waals surface area contributed by atoms with E-state index in [4.69, 9.17) is 10.3 Å². The standard InChI is InChI=1S/C5H5N5O/c6-5-8-4(11-10-5)3-1-2-7-9-3/h1-2H,(H2,6,10)(H,7,9). The highest BCUT2D eigenvalue weighted by Crippen LogP contribution is 2.12. The van der Waals surface area contributed by atoms with E-state index in [0.717, 1.165) is 0 Å². The summed E-state index contributed by atoms with van der Waals surface area (Å²) < 4.78 is 4.75. The zero-order valence-corrected chi connectivity index (χ0v) is 5.48. The summed E-state index contributed by atoms with van der Waals surface area (Å²) in [6, 6.07) is 1.72. The molecule has 0 amide bonds. The van der Waals surface area contributed by atoms with Gasteiger partial charge in [-0.1, -0.05) is 0 Å². The molecule has 3 N–H and O–H groups in total. The third-order valence-corrected chi connectivity index (χ3v) is 1.17. The van der Waals surface area contributed by atoms with Crippen LogP contribution in [-0.2, 0) is 0 Å². The van der Waals surface area contributed by atoms with Gasteiger partial charge in [-0.05, 0) is 11.2 Å². The van der Waals surface area contributed by atoms with Crippen LogP contribution < -0.4 is 5.73 Å². The molecular formula is C5H5N5O. The summed E-state index contributed by atoms with van der Waals surface area (Å²) in [4.78, 5) is 3.78. The first-order valence-electron chi connectivity index (χ1n) is 2.95. The summed E-state index contributed by atoms with van der Waals surface area (Å²) in [7, 11) is 0. The molecule has 0 fully saturated rings. The van der Waals surface area contributed by atoms with Crippen molar-refractivity contribution in [1.29, 1.82) is 0 Å². The second kappa shape index (κ2) is 2.08. The maximum absolute atomic E-state index is 5.23. The molecule has 0 aliphatic rings. The Kier molecular flexibility index (Phi) is 1.12. The normalized spacial score (nSPS) is 10.2. The van der Waals surface area contributed by atoms with Crippen molar-refractivity contribution in [3.63, 3.8) is 0 Å². The number of anilines is 1. The molecule has 0 aliphatic carbocycles. The first kappa shape index (κ1) is 5.90. The minimum absolute atomic E-state index is 0.120. The molecule has 6 heteroatoms. The number of nitrogens with one attached hydrogen (secondary N) is 1. The van der Waals surface area contributed by atoms with Crippen LogP contribution in [0.2, 0.25) is 0 Å². The Hall–Kier alpha value is -1.85. The fraction of sp³-hybridized carbons (Fsp3) is 0. The second-order valence-electron chi connectivity index (χ2n) is 1.93. The maximum Gasteiger partial charge on any atom is 0.277 e. The van der Waals surface area contributed by atoms with Crippen molar-refractivity contribution in [1.82, 2.24) is 20.3 Å². The summed E-state index contributed by atoms with van der Waals surface area (Å²) in [5.74, 6) is 0.467. The van der Waals surface area contributed by atoms with Crippen LogP contribution in [0.4, 0.5) is 5.95 Å². The van der Waals surface area contributed by atoms with Gasteiger partial charge in [0.05, 0.1) is 0 Å². The lowest BCUT2D eigenvalue weighted by molar-refractivity contribution is 0.431. The minimum atomic E-state index is 0.120. The van der Waals surface area contributed by atoms with Crippen LogP contribution in [0.15, 0.2) is 16.8 Å². The number of nitrogens with zero attached hydrogens (tertiary/aromatic N) is 3. The average molecular weight is 151 g/mol. The molecule has 2 aromatic rings. The number of H-pyrrole nitrogens is 1. The van der Waals surface area contributed by atoms with Gasteiger partial charge < -0.3 is 10.3 Å². The molecule has 0 aliphatic heterocycles. The molecule has 0 spiro atoms. The monoisotopic (exact) mass is 151 g/mol. The SMILES string of the molecule is Nc1noc(-c2ccn[nH]2)n1. The zero-order valence-electron chi connectivity index (χ0n) is 5.48. The molecule has 56 valence electrons. The first-order valence-corrected chi connectivity index (χ1v) is 2.95. The Morgan fingerprint density at radius 2 is 2.45 bits per heavy atom. The van der Waals surface area contributed by atoms with Crippen molar-refractivity contribution in [3.05, 3.63) is 12.3 Å². The number of nitrogen functional groups attached to an aromatic ring is 1. The summed E-state index contributed by atoms with van der Waals surface area (Å²) in [6.45, 7) is 0. The Balaban J connectivity index is 2.45. The molecule has 2 rings (SSSR count). The van der Waals surface area contributed by atoms with Crippen LogP contribution in [0.5, 0.6) is 0 Å². The molecule has 0 saturated carbocycles. The molecule has 0 aromatic carbocycles. The molecule has 11 heavy (non-hydrogen) atoms. The van der Waals surface area contributed by atoms with Crippen LogP contribution in [0.1, 0.15) is 0 Å². The zero-order chi connectivity index (χ0) is 7.68. The maximum atomic E-state index is 5.23. The lowest BCUT2D eigenvalue weighted by atomic mass is 10.4. The van der Waals surface area contributed by atoms with Crippen molar-refractivity contribution in [3.8, 4) is 11.6 Å². The lowest BCUT2D eigenvalue weighted by Crippen LogP contribution is -1.85. The van der Waals surface area contributed by atoms with Crippen LogP contribution in [0.3, 0.4) is 0 Å². The molecule has 2 heterocycles. The third kappa shape index (κ3) is 0.936. The fourth-order valence-corrected chi connectivity index (χ4v) is 0.719. The molecule has 0 atom stereocenters. The molecule has 0 unspecified atom stereocenters. The molecule has 2 aromatic heterocycles. The van der Waals surface area contributed by atoms with Gasteiger partial charge in [0, 0.05) is 6.20 Å². The number of nitrogens with two attached hydrogens (primary N) is 1. The van der Waals surface area contributed by atoms with Gasteiger partial charge >= 0.3 is 0 Å². The van der Waals surface area contributed by atoms with Crippen molar-refractivity contribution >= 4 is 5.95 Å². The average Bonchev–Trinajstić information content (AvgIpc) is 2.55. The minimum Gasteiger partial charge on any atom is -0.365 e. The van der Waals surface area contributed by atoms with Crippen LogP contribution in [0.25, 0.3) is 11.6 Å². The van der Waals surface area contributed by atoms with E-state index in [1.807, 2.05) is 0 Å². The van der Waals surface area contributed by atoms with Crippen molar-refractivity contribution in [2.75, 3.05) is 5.73 Å². The Morgan fingerprint density at radius 1 is 1.55 bits per heavy atom. The molecule has 6 nitrogen and oxygen atoms in total. The predicted octanol–water partition coefficient (Wildman–Crippen LogP) is 0.0419. The van der Waals surface area contributed by atoms with Gasteiger partial charge in [0.1, 0.15) is 5.69 Å². The molecule has 0 radical (unpaired) electrons. The van der Waals surface area contributed by atoms with E-state index in [9.17, 15) is 0 Å². The highest BCUT2D eigenvalue weighted by Gasteiger charge is 2.05. The van der Waals surface area contributed by atoms with E-state index >= 15 is 0 Å². The van der Waals surface area contributed by atoms with Crippen LogP contribution in [0, 0.1) is 0 Å². The van der Waals surface area contributed by atoms with Crippen molar-refractivity contribution < 1.29 is 4.52 Å². The smallest absolute Gasteiger partial charge is 0.277 e. The fourth-order valence-electron chi connectivity index (χ4n) is 0.719. The predicted molar refractivity (Wildman–Crippen MR) is 36.3 cm³/mol. The van der Waals surface area contributed by atoms with E-state index in [-0.39, 0.29) is 5.95 Å². The summed E-state index contributed by atoms with van der Waals surface area (Å²) in [6.07, 6.45) is 1.59. The molecular weight excluding hydrogens is 146 g/mol. The highest BCUT2D eigenvalue weighted by molar-refractivity contribution is 5.46. The molecule has 0 bridgehead atoms. The number of hydrogen-bond donors (Lipinski definition) is 2. The van der Waals surface area contributed by atoms with E-state index < -0.39 is 0 Å². The Bertz CT molecular complexity index is 337. The van der Waals surface area contributed by atoms with Crippen molar-refractivity contribution in [2.45, 2.75) is 0 Å². The van der Waals surface area contributed by atoms with Crippen molar-refractivity contribution in [2.24, 2.45) is 0 Å². The number of aromatic nitrogens is 4. The number of rotatable bonds is 1. The Labute approximate surface area is 61.4 Å². The number of hydrogen-bond acceptors (Lipinski definition) is 5.